The van der Waals surface area contributed by atoms with Gasteiger partial charge < -0.3 is 4.74 Å². The van der Waals surface area contributed by atoms with E-state index in [1.807, 2.05) is 0 Å². The maximum atomic E-state index is 6.30. The van der Waals surface area contributed by atoms with Crippen LogP contribution in [0.15, 0.2) is 0 Å². The molecule has 1 rings (SSSR count). The molecule has 0 aromatic carbocycles. The van der Waals surface area contributed by atoms with Crippen LogP contribution >= 0.6 is 15.9 Å². The Bertz CT molecular complexity index is 237. The second-order valence-corrected chi connectivity index (χ2v) is 7.75. The van der Waals surface area contributed by atoms with Crippen LogP contribution in [-0.4, -0.2) is 18.0 Å². The van der Waals surface area contributed by atoms with Gasteiger partial charge in [-0.1, -0.05) is 50.5 Å². The highest BCUT2D eigenvalue weighted by Crippen LogP contribution is 2.40. The average Bonchev–Trinajstić information content (AvgIpc) is 2.29. The summed E-state index contributed by atoms with van der Waals surface area (Å²) in [6.45, 7) is 12.6. The minimum Gasteiger partial charge on any atom is -0.378 e. The van der Waals surface area contributed by atoms with E-state index >= 15 is 0 Å². The van der Waals surface area contributed by atoms with Crippen LogP contribution in [0.4, 0.5) is 0 Å². The van der Waals surface area contributed by atoms with Crippen molar-refractivity contribution in [3.63, 3.8) is 0 Å². The molecule has 0 spiro atoms. The van der Waals surface area contributed by atoms with Gasteiger partial charge in [-0.05, 0) is 43.4 Å². The fourth-order valence-corrected chi connectivity index (χ4v) is 4.32. The molecule has 0 saturated heterocycles. The quantitative estimate of drug-likeness (QED) is 0.594. The van der Waals surface area contributed by atoms with Crippen LogP contribution in [0.25, 0.3) is 0 Å². The fourth-order valence-electron chi connectivity index (χ4n) is 3.36. The van der Waals surface area contributed by atoms with Gasteiger partial charge in [-0.2, -0.15) is 0 Å². The van der Waals surface area contributed by atoms with Crippen LogP contribution in [0.3, 0.4) is 0 Å². The van der Waals surface area contributed by atoms with E-state index in [1.165, 1.54) is 32.1 Å². The Morgan fingerprint density at radius 2 is 1.83 bits per heavy atom. The lowest BCUT2D eigenvalue weighted by molar-refractivity contribution is -0.0555. The molecule has 108 valence electrons. The zero-order valence-electron chi connectivity index (χ0n) is 12.9. The third kappa shape index (κ3) is 4.52. The van der Waals surface area contributed by atoms with Crippen molar-refractivity contribution < 1.29 is 4.74 Å². The van der Waals surface area contributed by atoms with Crippen molar-refractivity contribution in [2.24, 2.45) is 16.7 Å². The molecule has 1 nitrogen and oxygen atoms in total. The summed E-state index contributed by atoms with van der Waals surface area (Å²) in [6.07, 6.45) is 6.68. The summed E-state index contributed by atoms with van der Waals surface area (Å²) in [5, 5.41) is 1.05. The van der Waals surface area contributed by atoms with Crippen molar-refractivity contribution in [1.29, 1.82) is 0 Å². The summed E-state index contributed by atoms with van der Waals surface area (Å²) in [6, 6.07) is 0. The lowest BCUT2D eigenvalue weighted by Gasteiger charge is -2.40. The van der Waals surface area contributed by atoms with Crippen LogP contribution in [-0.2, 0) is 4.74 Å². The van der Waals surface area contributed by atoms with Gasteiger partial charge in [-0.15, -0.1) is 0 Å². The Balaban J connectivity index is 2.52. The Labute approximate surface area is 122 Å². The highest BCUT2D eigenvalue weighted by atomic mass is 79.9. The van der Waals surface area contributed by atoms with Gasteiger partial charge in [0.2, 0.25) is 0 Å². The van der Waals surface area contributed by atoms with Gasteiger partial charge in [0, 0.05) is 10.7 Å². The Hall–Kier alpha value is 0.440. The molecule has 1 aliphatic carbocycles. The van der Waals surface area contributed by atoms with Crippen molar-refractivity contribution in [3.05, 3.63) is 0 Å². The van der Waals surface area contributed by atoms with Crippen LogP contribution in [0, 0.1) is 16.7 Å². The first kappa shape index (κ1) is 16.5. The monoisotopic (exact) mass is 318 g/mol. The average molecular weight is 319 g/mol. The number of ether oxygens (including phenoxy) is 1. The molecule has 0 radical (unpaired) electrons. The molecule has 1 aliphatic rings. The molecule has 0 N–H and O–H groups in total. The van der Waals surface area contributed by atoms with Crippen molar-refractivity contribution in [2.75, 3.05) is 11.9 Å². The zero-order chi connectivity index (χ0) is 13.8. The molecule has 1 fully saturated rings. The number of hydrogen-bond donors (Lipinski definition) is 0. The summed E-state index contributed by atoms with van der Waals surface area (Å²) < 4.78 is 6.30. The van der Waals surface area contributed by atoms with Crippen molar-refractivity contribution in [1.82, 2.24) is 0 Å². The lowest BCUT2D eigenvalue weighted by atomic mass is 9.71. The van der Waals surface area contributed by atoms with Gasteiger partial charge in [0.1, 0.15) is 0 Å². The highest BCUT2D eigenvalue weighted by Gasteiger charge is 2.34. The van der Waals surface area contributed by atoms with E-state index in [1.54, 1.807) is 0 Å². The van der Waals surface area contributed by atoms with Crippen molar-refractivity contribution in [2.45, 2.75) is 72.8 Å². The first-order chi connectivity index (χ1) is 8.36. The van der Waals surface area contributed by atoms with E-state index < -0.39 is 0 Å². The van der Waals surface area contributed by atoms with Gasteiger partial charge in [-0.3, -0.25) is 0 Å². The normalized spacial score (nSPS) is 28.3. The maximum Gasteiger partial charge on any atom is 0.0583 e. The van der Waals surface area contributed by atoms with Gasteiger partial charge in [0.05, 0.1) is 12.7 Å². The summed E-state index contributed by atoms with van der Waals surface area (Å²) in [4.78, 5) is 0. The molecule has 0 amide bonds. The molecule has 0 aliphatic heterocycles. The molecular weight excluding hydrogens is 288 g/mol. The predicted molar refractivity (Wildman–Crippen MR) is 83.3 cm³/mol. The van der Waals surface area contributed by atoms with Crippen LogP contribution in [0.5, 0.6) is 0 Å². The Morgan fingerprint density at radius 3 is 2.28 bits per heavy atom. The summed E-state index contributed by atoms with van der Waals surface area (Å²) in [7, 11) is 0. The topological polar surface area (TPSA) is 9.23 Å². The summed E-state index contributed by atoms with van der Waals surface area (Å²) in [5.74, 6) is 0.806. The molecule has 0 heterocycles. The van der Waals surface area contributed by atoms with E-state index in [0.29, 0.717) is 16.9 Å². The Kier molecular flexibility index (Phi) is 6.18. The molecule has 0 bridgehead atoms. The SMILES string of the molecule is CCC(CC)(CBr)COC1CC(C)CC(C)(C)C1. The second-order valence-electron chi connectivity index (χ2n) is 7.19. The number of alkyl halides is 1. The van der Waals surface area contributed by atoms with E-state index in [2.05, 4.69) is 50.5 Å². The summed E-state index contributed by atoms with van der Waals surface area (Å²) >= 11 is 3.67. The second kappa shape index (κ2) is 6.74. The molecule has 2 atom stereocenters. The highest BCUT2D eigenvalue weighted by molar-refractivity contribution is 9.09. The minimum absolute atomic E-state index is 0.338. The van der Waals surface area contributed by atoms with Crippen molar-refractivity contribution in [3.8, 4) is 0 Å². The molecular formula is C16H31BrO. The first-order valence-corrected chi connectivity index (χ1v) is 8.66. The minimum atomic E-state index is 0.338. The van der Waals surface area contributed by atoms with Gasteiger partial charge in [-0.25, -0.2) is 0 Å². The lowest BCUT2D eigenvalue weighted by Crippen LogP contribution is -2.36. The fraction of sp³-hybridized carbons (Fsp3) is 1.00. The zero-order valence-corrected chi connectivity index (χ0v) is 14.5. The van der Waals surface area contributed by atoms with Crippen molar-refractivity contribution >= 4 is 15.9 Å². The standard InChI is InChI=1S/C16H31BrO/c1-6-16(7-2,11-17)12-18-14-8-13(3)9-15(4,5)10-14/h13-14H,6-12H2,1-5H3. The largest absolute Gasteiger partial charge is 0.378 e. The molecule has 0 aromatic rings. The Morgan fingerprint density at radius 1 is 1.22 bits per heavy atom. The van der Waals surface area contributed by atoms with Crippen LogP contribution in [0.2, 0.25) is 0 Å². The number of hydrogen-bond acceptors (Lipinski definition) is 1. The van der Waals surface area contributed by atoms with E-state index in [0.717, 1.165) is 17.9 Å². The van der Waals surface area contributed by atoms with Crippen LogP contribution in [0.1, 0.15) is 66.7 Å². The predicted octanol–water partition coefficient (Wildman–Crippen LogP) is 5.42. The van der Waals surface area contributed by atoms with Gasteiger partial charge in [0.25, 0.3) is 0 Å². The maximum absolute atomic E-state index is 6.30. The smallest absolute Gasteiger partial charge is 0.0583 e. The van der Waals surface area contributed by atoms with E-state index in [4.69, 9.17) is 4.74 Å². The third-order valence-corrected chi connectivity index (χ3v) is 5.94. The molecule has 2 unspecified atom stereocenters. The number of halogens is 1. The molecule has 2 heteroatoms. The van der Waals surface area contributed by atoms with Gasteiger partial charge >= 0.3 is 0 Å². The van der Waals surface area contributed by atoms with Gasteiger partial charge in [0.15, 0.2) is 0 Å². The molecule has 0 aromatic heterocycles. The summed E-state index contributed by atoms with van der Waals surface area (Å²) in [5.41, 5.74) is 0.794. The van der Waals surface area contributed by atoms with E-state index in [-0.39, 0.29) is 0 Å². The third-order valence-electron chi connectivity index (χ3n) is 4.76. The first-order valence-electron chi connectivity index (χ1n) is 7.54. The van der Waals surface area contributed by atoms with E-state index in [9.17, 15) is 0 Å². The molecule has 1 saturated carbocycles. The number of rotatable bonds is 6. The van der Waals surface area contributed by atoms with Crippen LogP contribution < -0.4 is 0 Å². The molecule has 18 heavy (non-hydrogen) atoms.